The van der Waals surface area contributed by atoms with Crippen molar-refractivity contribution < 1.29 is 4.79 Å². The standard InChI is InChI=1S/C22H20N4O3/c27-18(23-12-11-15-7-3-1-4-8-15)14-26-21(28)20-19(25-22(26)29)17(13-24-20)16-9-5-2-6-10-16/h1-10,13,24H,11-12,14H2,(H,23,27)(H,25,29). The number of nitrogens with one attached hydrogen (secondary N) is 3. The summed E-state index contributed by atoms with van der Waals surface area (Å²) in [6.45, 7) is 0.0942. The van der Waals surface area contributed by atoms with E-state index in [2.05, 4.69) is 15.3 Å². The van der Waals surface area contributed by atoms with Gasteiger partial charge in [0.2, 0.25) is 5.91 Å². The fourth-order valence-electron chi connectivity index (χ4n) is 3.30. The molecular formula is C22H20N4O3. The molecule has 4 rings (SSSR count). The van der Waals surface area contributed by atoms with Crippen LogP contribution in [-0.2, 0) is 17.8 Å². The highest BCUT2D eigenvalue weighted by Crippen LogP contribution is 2.24. The molecular weight excluding hydrogens is 368 g/mol. The number of amides is 1. The van der Waals surface area contributed by atoms with Gasteiger partial charge in [0.1, 0.15) is 12.1 Å². The van der Waals surface area contributed by atoms with Gasteiger partial charge >= 0.3 is 5.69 Å². The average molecular weight is 388 g/mol. The van der Waals surface area contributed by atoms with E-state index in [1.54, 1.807) is 6.20 Å². The van der Waals surface area contributed by atoms with E-state index in [1.807, 2.05) is 60.7 Å². The highest BCUT2D eigenvalue weighted by atomic mass is 16.2. The summed E-state index contributed by atoms with van der Waals surface area (Å²) in [7, 11) is 0. The molecule has 0 spiro atoms. The van der Waals surface area contributed by atoms with Crippen molar-refractivity contribution >= 4 is 16.9 Å². The lowest BCUT2D eigenvalue weighted by Gasteiger charge is -2.07. The largest absolute Gasteiger partial charge is 0.355 e. The fourth-order valence-corrected chi connectivity index (χ4v) is 3.30. The lowest BCUT2D eigenvalue weighted by atomic mass is 10.1. The second kappa shape index (κ2) is 8.02. The van der Waals surface area contributed by atoms with Crippen molar-refractivity contribution in [2.45, 2.75) is 13.0 Å². The summed E-state index contributed by atoms with van der Waals surface area (Å²) >= 11 is 0. The average Bonchev–Trinajstić information content (AvgIpc) is 3.16. The van der Waals surface area contributed by atoms with Gasteiger partial charge in [-0.25, -0.2) is 9.36 Å². The molecule has 1 amide bonds. The molecule has 7 heteroatoms. The zero-order valence-electron chi connectivity index (χ0n) is 15.6. The molecule has 2 heterocycles. The molecule has 2 aromatic carbocycles. The second-order valence-corrected chi connectivity index (χ2v) is 6.73. The smallest absolute Gasteiger partial charge is 0.329 e. The molecule has 0 bridgehead atoms. The number of fused-ring (bicyclic) bond motifs is 1. The van der Waals surface area contributed by atoms with Gasteiger partial charge in [-0.1, -0.05) is 60.7 Å². The van der Waals surface area contributed by atoms with Crippen LogP contribution in [0.3, 0.4) is 0 Å². The van der Waals surface area contributed by atoms with E-state index in [0.717, 1.165) is 21.3 Å². The van der Waals surface area contributed by atoms with Crippen LogP contribution in [0.15, 0.2) is 76.4 Å². The third-order valence-electron chi connectivity index (χ3n) is 4.78. The van der Waals surface area contributed by atoms with Crippen molar-refractivity contribution in [3.63, 3.8) is 0 Å². The maximum Gasteiger partial charge on any atom is 0.329 e. The van der Waals surface area contributed by atoms with E-state index in [9.17, 15) is 14.4 Å². The Bertz CT molecular complexity index is 1250. The number of H-pyrrole nitrogens is 2. The van der Waals surface area contributed by atoms with E-state index in [1.165, 1.54) is 0 Å². The minimum Gasteiger partial charge on any atom is -0.355 e. The topological polar surface area (TPSA) is 99.8 Å². The molecule has 0 fully saturated rings. The highest BCUT2D eigenvalue weighted by Gasteiger charge is 2.15. The van der Waals surface area contributed by atoms with Crippen molar-refractivity contribution in [1.29, 1.82) is 0 Å². The first-order valence-corrected chi connectivity index (χ1v) is 9.34. The summed E-state index contributed by atoms with van der Waals surface area (Å²) in [4.78, 5) is 43.1. The van der Waals surface area contributed by atoms with Gasteiger partial charge in [-0.05, 0) is 17.5 Å². The summed E-state index contributed by atoms with van der Waals surface area (Å²) in [5.41, 5.74) is 2.28. The van der Waals surface area contributed by atoms with Crippen molar-refractivity contribution in [3.8, 4) is 11.1 Å². The lowest BCUT2D eigenvalue weighted by molar-refractivity contribution is -0.121. The van der Waals surface area contributed by atoms with Gasteiger partial charge in [-0.15, -0.1) is 0 Å². The van der Waals surface area contributed by atoms with Crippen LogP contribution in [0.4, 0.5) is 0 Å². The molecule has 0 saturated heterocycles. The first-order chi connectivity index (χ1) is 14.1. The molecule has 0 aliphatic heterocycles. The fraction of sp³-hybridized carbons (Fsp3) is 0.136. The Kier molecular flexibility index (Phi) is 5.11. The van der Waals surface area contributed by atoms with Gasteiger partial charge in [-0.2, -0.15) is 0 Å². The number of aromatic nitrogens is 3. The van der Waals surface area contributed by atoms with Crippen molar-refractivity contribution in [3.05, 3.63) is 93.3 Å². The van der Waals surface area contributed by atoms with Crippen LogP contribution in [0, 0.1) is 0 Å². The summed E-state index contributed by atoms with van der Waals surface area (Å²) in [6.07, 6.45) is 2.36. The third-order valence-corrected chi connectivity index (χ3v) is 4.78. The Morgan fingerprint density at radius 1 is 0.931 bits per heavy atom. The van der Waals surface area contributed by atoms with E-state index in [4.69, 9.17) is 0 Å². The van der Waals surface area contributed by atoms with Gasteiger partial charge in [0.15, 0.2) is 0 Å². The van der Waals surface area contributed by atoms with Crippen LogP contribution in [0.1, 0.15) is 5.56 Å². The van der Waals surface area contributed by atoms with Crippen molar-refractivity contribution in [1.82, 2.24) is 19.9 Å². The summed E-state index contributed by atoms with van der Waals surface area (Å²) < 4.78 is 0.908. The number of carbonyl (C=O) groups is 1. The monoisotopic (exact) mass is 388 g/mol. The number of hydrogen-bond acceptors (Lipinski definition) is 3. The number of aromatic amines is 2. The Morgan fingerprint density at radius 3 is 2.34 bits per heavy atom. The van der Waals surface area contributed by atoms with Gasteiger partial charge in [0.05, 0.1) is 5.52 Å². The van der Waals surface area contributed by atoms with Crippen LogP contribution in [-0.4, -0.2) is 27.0 Å². The Balaban J connectivity index is 1.53. The van der Waals surface area contributed by atoms with Gasteiger partial charge in [0.25, 0.3) is 5.56 Å². The molecule has 0 aliphatic rings. The summed E-state index contributed by atoms with van der Waals surface area (Å²) in [5.74, 6) is -0.386. The number of carbonyl (C=O) groups excluding carboxylic acids is 1. The van der Waals surface area contributed by atoms with Gasteiger partial charge in [0, 0.05) is 18.3 Å². The molecule has 146 valence electrons. The first kappa shape index (κ1) is 18.5. The molecule has 29 heavy (non-hydrogen) atoms. The number of benzene rings is 2. The van der Waals surface area contributed by atoms with Crippen LogP contribution in [0.2, 0.25) is 0 Å². The van der Waals surface area contributed by atoms with E-state index in [-0.39, 0.29) is 18.0 Å². The first-order valence-electron chi connectivity index (χ1n) is 9.34. The number of rotatable bonds is 6. The van der Waals surface area contributed by atoms with Gasteiger partial charge in [-0.3, -0.25) is 9.59 Å². The van der Waals surface area contributed by atoms with Crippen molar-refractivity contribution in [2.24, 2.45) is 0 Å². The molecule has 0 radical (unpaired) electrons. The molecule has 0 saturated carbocycles. The Labute approximate surface area is 166 Å². The molecule has 0 atom stereocenters. The molecule has 4 aromatic rings. The molecule has 0 aliphatic carbocycles. The van der Waals surface area contributed by atoms with Gasteiger partial charge < -0.3 is 15.3 Å². The summed E-state index contributed by atoms with van der Waals surface area (Å²) in [6, 6.07) is 19.2. The minimum atomic E-state index is -0.613. The van der Waals surface area contributed by atoms with E-state index < -0.39 is 11.2 Å². The molecule has 2 aromatic heterocycles. The zero-order chi connectivity index (χ0) is 20.2. The van der Waals surface area contributed by atoms with Crippen LogP contribution in [0.5, 0.6) is 0 Å². The normalized spacial score (nSPS) is 10.9. The third kappa shape index (κ3) is 3.89. The second-order valence-electron chi connectivity index (χ2n) is 6.73. The Hall–Kier alpha value is -3.87. The molecule has 0 unspecified atom stereocenters. The van der Waals surface area contributed by atoms with E-state index in [0.29, 0.717) is 18.5 Å². The van der Waals surface area contributed by atoms with Crippen LogP contribution in [0.25, 0.3) is 22.2 Å². The van der Waals surface area contributed by atoms with Crippen molar-refractivity contribution in [2.75, 3.05) is 6.54 Å². The maximum atomic E-state index is 12.8. The quantitative estimate of drug-likeness (QED) is 0.471. The van der Waals surface area contributed by atoms with Crippen LogP contribution >= 0.6 is 0 Å². The predicted molar refractivity (Wildman–Crippen MR) is 112 cm³/mol. The maximum absolute atomic E-state index is 12.8. The minimum absolute atomic E-state index is 0.264. The molecule has 7 nitrogen and oxygen atoms in total. The lowest BCUT2D eigenvalue weighted by Crippen LogP contribution is -2.41. The number of nitrogens with zero attached hydrogens (tertiary/aromatic N) is 1. The highest BCUT2D eigenvalue weighted by molar-refractivity contribution is 5.91. The van der Waals surface area contributed by atoms with Crippen LogP contribution < -0.4 is 16.6 Å². The van der Waals surface area contributed by atoms with E-state index >= 15 is 0 Å². The number of hydrogen-bond donors (Lipinski definition) is 3. The molecule has 3 N–H and O–H groups in total. The SMILES string of the molecule is O=C(Cn1c(=O)[nH]c2c(-c3ccccc3)c[nH]c2c1=O)NCCc1ccccc1. The predicted octanol–water partition coefficient (Wildman–Crippen LogP) is 2.04. The Morgan fingerprint density at radius 2 is 1.62 bits per heavy atom. The summed E-state index contributed by atoms with van der Waals surface area (Å²) in [5, 5.41) is 2.75. The zero-order valence-corrected chi connectivity index (χ0v) is 15.6.